The fraction of sp³-hybridized carbons (Fsp3) is 0.231. The first-order chi connectivity index (χ1) is 9.09. The highest BCUT2D eigenvalue weighted by atomic mass is 16.4. The molecular weight excluding hydrogens is 244 g/mol. The Hall–Kier alpha value is -2.50. The van der Waals surface area contributed by atoms with Crippen LogP contribution in [0.15, 0.2) is 30.6 Å². The molecule has 0 spiro atoms. The summed E-state index contributed by atoms with van der Waals surface area (Å²) in [4.78, 5) is 15.3. The van der Waals surface area contributed by atoms with E-state index in [1.165, 1.54) is 6.07 Å². The Balaban J connectivity index is 2.07. The highest BCUT2D eigenvalue weighted by Gasteiger charge is 2.12. The van der Waals surface area contributed by atoms with Gasteiger partial charge in [0.25, 0.3) is 0 Å². The number of anilines is 2. The zero-order valence-corrected chi connectivity index (χ0v) is 10.6. The Bertz CT molecular complexity index is 592. The van der Waals surface area contributed by atoms with Gasteiger partial charge in [-0.15, -0.1) is 0 Å². The van der Waals surface area contributed by atoms with Gasteiger partial charge in [0, 0.05) is 32.4 Å². The van der Waals surface area contributed by atoms with Gasteiger partial charge >= 0.3 is 5.97 Å². The molecule has 0 fully saturated rings. The molecule has 0 unspecified atom stereocenters. The van der Waals surface area contributed by atoms with Crippen LogP contribution in [0.2, 0.25) is 0 Å². The third-order valence-corrected chi connectivity index (χ3v) is 2.90. The van der Waals surface area contributed by atoms with E-state index in [1.54, 1.807) is 18.3 Å². The lowest BCUT2D eigenvalue weighted by molar-refractivity contribution is 0.0698. The zero-order valence-electron chi connectivity index (χ0n) is 10.6. The highest BCUT2D eigenvalue weighted by molar-refractivity contribution is 5.97. The number of aromatic carboxylic acids is 1. The van der Waals surface area contributed by atoms with Gasteiger partial charge in [-0.1, -0.05) is 6.07 Å². The number of aryl methyl sites for hydroxylation is 1. The smallest absolute Gasteiger partial charge is 0.337 e. The fourth-order valence-electron chi connectivity index (χ4n) is 1.88. The van der Waals surface area contributed by atoms with Crippen LogP contribution < -0.4 is 11.1 Å². The normalized spacial score (nSPS) is 10.4. The fourth-order valence-corrected chi connectivity index (χ4v) is 1.88. The summed E-state index contributed by atoms with van der Waals surface area (Å²) in [5, 5.41) is 12.2. The van der Waals surface area contributed by atoms with Crippen LogP contribution in [0, 0.1) is 0 Å². The molecule has 1 aromatic carbocycles. The lowest BCUT2D eigenvalue weighted by atomic mass is 10.1. The van der Waals surface area contributed by atoms with Gasteiger partial charge in [0.2, 0.25) is 0 Å². The number of nitrogens with one attached hydrogen (secondary N) is 1. The number of carboxylic acid groups (broad SMARTS) is 1. The maximum absolute atomic E-state index is 11.1. The van der Waals surface area contributed by atoms with Gasteiger partial charge in [0.15, 0.2) is 0 Å². The number of aromatic nitrogens is 2. The van der Waals surface area contributed by atoms with E-state index < -0.39 is 5.97 Å². The molecule has 6 nitrogen and oxygen atoms in total. The molecule has 6 heteroatoms. The number of nitrogens with two attached hydrogens (primary N) is 1. The van der Waals surface area contributed by atoms with Crippen LogP contribution >= 0.6 is 0 Å². The molecule has 0 atom stereocenters. The van der Waals surface area contributed by atoms with Crippen LogP contribution in [0.1, 0.15) is 16.2 Å². The van der Waals surface area contributed by atoms with Crippen molar-refractivity contribution in [2.75, 3.05) is 17.6 Å². The molecule has 0 aliphatic rings. The van der Waals surface area contributed by atoms with Crippen LogP contribution in [0.5, 0.6) is 0 Å². The summed E-state index contributed by atoms with van der Waals surface area (Å²) in [6.45, 7) is 0.569. The van der Waals surface area contributed by atoms with E-state index in [4.69, 9.17) is 10.8 Å². The quantitative estimate of drug-likeness (QED) is 0.706. The lowest BCUT2D eigenvalue weighted by Crippen LogP contribution is -2.13. The first-order valence-corrected chi connectivity index (χ1v) is 5.91. The van der Waals surface area contributed by atoms with E-state index in [9.17, 15) is 4.79 Å². The molecule has 4 N–H and O–H groups in total. The largest absolute Gasteiger partial charge is 0.478 e. The number of benzene rings is 1. The Kier molecular flexibility index (Phi) is 3.70. The van der Waals surface area contributed by atoms with E-state index in [1.807, 2.05) is 17.8 Å². The monoisotopic (exact) mass is 260 g/mol. The van der Waals surface area contributed by atoms with Gasteiger partial charge in [-0.3, -0.25) is 0 Å². The molecule has 0 aliphatic carbocycles. The molecule has 0 radical (unpaired) electrons. The molecule has 0 aliphatic heterocycles. The van der Waals surface area contributed by atoms with Gasteiger partial charge in [0.05, 0.1) is 16.9 Å². The molecule has 0 saturated heterocycles. The number of hydrogen-bond acceptors (Lipinski definition) is 4. The molecular formula is C13H16N4O2. The van der Waals surface area contributed by atoms with E-state index in [0.717, 1.165) is 5.82 Å². The maximum atomic E-state index is 11.1. The summed E-state index contributed by atoms with van der Waals surface area (Å²) >= 11 is 0. The number of carbonyl (C=O) groups is 1. The molecule has 100 valence electrons. The Morgan fingerprint density at radius 2 is 2.32 bits per heavy atom. The number of hydrogen-bond donors (Lipinski definition) is 3. The van der Waals surface area contributed by atoms with Crippen molar-refractivity contribution in [3.63, 3.8) is 0 Å². The molecule has 0 bridgehead atoms. The molecule has 0 amide bonds. The van der Waals surface area contributed by atoms with Gasteiger partial charge in [-0.2, -0.15) is 0 Å². The number of imidazole rings is 1. The Morgan fingerprint density at radius 1 is 1.53 bits per heavy atom. The summed E-state index contributed by atoms with van der Waals surface area (Å²) < 4.78 is 1.92. The van der Waals surface area contributed by atoms with E-state index in [2.05, 4.69) is 10.3 Å². The van der Waals surface area contributed by atoms with Gasteiger partial charge in [-0.25, -0.2) is 9.78 Å². The van der Waals surface area contributed by atoms with Crippen LogP contribution in [-0.4, -0.2) is 27.2 Å². The van der Waals surface area contributed by atoms with Crippen LogP contribution in [-0.2, 0) is 13.5 Å². The molecule has 0 saturated carbocycles. The molecule has 2 aromatic rings. The number of nitrogens with zero attached hydrogens (tertiary/aromatic N) is 2. The third-order valence-electron chi connectivity index (χ3n) is 2.90. The number of para-hydroxylation sites is 1. The van der Waals surface area contributed by atoms with Crippen molar-refractivity contribution in [3.05, 3.63) is 42.0 Å². The zero-order chi connectivity index (χ0) is 13.8. The first-order valence-electron chi connectivity index (χ1n) is 5.91. The van der Waals surface area contributed by atoms with Crippen LogP contribution in [0.4, 0.5) is 11.4 Å². The summed E-state index contributed by atoms with van der Waals surface area (Å²) in [6, 6.07) is 4.83. The SMILES string of the molecule is Cn1ccnc1CCNc1c(N)cccc1C(=O)O. The summed E-state index contributed by atoms with van der Waals surface area (Å²) in [7, 11) is 1.92. The average Bonchev–Trinajstić information content (AvgIpc) is 2.77. The number of nitrogen functional groups attached to an aromatic ring is 1. The predicted octanol–water partition coefficient (Wildman–Crippen LogP) is 1.36. The summed E-state index contributed by atoms with van der Waals surface area (Å²) in [6.07, 6.45) is 4.29. The molecule has 19 heavy (non-hydrogen) atoms. The van der Waals surface area contributed by atoms with Crippen molar-refractivity contribution in [3.8, 4) is 0 Å². The summed E-state index contributed by atoms with van der Waals surface area (Å²) in [5.41, 5.74) is 6.87. The van der Waals surface area contributed by atoms with Gasteiger partial charge in [-0.05, 0) is 12.1 Å². The van der Waals surface area contributed by atoms with Crippen molar-refractivity contribution in [1.29, 1.82) is 0 Å². The van der Waals surface area contributed by atoms with Crippen molar-refractivity contribution in [2.45, 2.75) is 6.42 Å². The van der Waals surface area contributed by atoms with Crippen LogP contribution in [0.3, 0.4) is 0 Å². The van der Waals surface area contributed by atoms with Crippen molar-refractivity contribution < 1.29 is 9.90 Å². The van der Waals surface area contributed by atoms with Crippen molar-refractivity contribution in [2.24, 2.45) is 7.05 Å². The van der Waals surface area contributed by atoms with Crippen molar-refractivity contribution in [1.82, 2.24) is 9.55 Å². The Morgan fingerprint density at radius 3 is 2.95 bits per heavy atom. The minimum atomic E-state index is -0.994. The highest BCUT2D eigenvalue weighted by Crippen LogP contribution is 2.23. The minimum absolute atomic E-state index is 0.180. The molecule has 1 heterocycles. The topological polar surface area (TPSA) is 93.2 Å². The van der Waals surface area contributed by atoms with E-state index >= 15 is 0 Å². The maximum Gasteiger partial charge on any atom is 0.337 e. The molecule has 2 rings (SSSR count). The second-order valence-electron chi connectivity index (χ2n) is 4.21. The van der Waals surface area contributed by atoms with E-state index in [-0.39, 0.29) is 5.56 Å². The minimum Gasteiger partial charge on any atom is -0.478 e. The Labute approximate surface area is 110 Å². The predicted molar refractivity (Wildman–Crippen MR) is 73.2 cm³/mol. The second kappa shape index (κ2) is 5.43. The average molecular weight is 260 g/mol. The standard InChI is InChI=1S/C13H16N4O2/c1-17-8-7-15-11(17)5-6-16-12-9(13(18)19)3-2-4-10(12)14/h2-4,7-8,16H,5-6,14H2,1H3,(H,18,19). The molecule has 1 aromatic heterocycles. The van der Waals surface area contributed by atoms with Crippen LogP contribution in [0.25, 0.3) is 0 Å². The van der Waals surface area contributed by atoms with Gasteiger partial charge < -0.3 is 20.7 Å². The second-order valence-corrected chi connectivity index (χ2v) is 4.21. The number of rotatable bonds is 5. The first kappa shape index (κ1) is 12.9. The number of carboxylic acids is 1. The summed E-state index contributed by atoms with van der Waals surface area (Å²) in [5.74, 6) is -0.0642. The van der Waals surface area contributed by atoms with E-state index in [0.29, 0.717) is 24.3 Å². The third kappa shape index (κ3) is 2.85. The lowest BCUT2D eigenvalue weighted by Gasteiger charge is -2.12. The van der Waals surface area contributed by atoms with Crippen molar-refractivity contribution >= 4 is 17.3 Å². The van der Waals surface area contributed by atoms with Gasteiger partial charge in [0.1, 0.15) is 5.82 Å².